The molecule has 2 aliphatic rings. The number of carbonyl (C=O) groups excluding carboxylic acids is 1. The van der Waals surface area contributed by atoms with E-state index in [-0.39, 0.29) is 33.6 Å². The van der Waals surface area contributed by atoms with Crippen LogP contribution in [0.3, 0.4) is 0 Å². The Morgan fingerprint density at radius 3 is 2.49 bits per heavy atom. The monoisotopic (exact) mass is 612 g/mol. The lowest BCUT2D eigenvalue weighted by atomic mass is 9.68. The van der Waals surface area contributed by atoms with E-state index in [1.807, 2.05) is 50.7 Å². The van der Waals surface area contributed by atoms with Crippen LogP contribution in [0.5, 0.6) is 0 Å². The predicted octanol–water partition coefficient (Wildman–Crippen LogP) is 8.24. The number of anilines is 1. The van der Waals surface area contributed by atoms with Crippen LogP contribution in [0, 0.1) is 40.7 Å². The Morgan fingerprint density at radius 2 is 1.81 bits per heavy atom. The zero-order valence-electron chi connectivity index (χ0n) is 24.6. The van der Waals surface area contributed by atoms with Gasteiger partial charge in [0.2, 0.25) is 0 Å². The number of aryl methyl sites for hydroxylation is 2. The number of non-ortho nitro benzene ring substituents is 1. The van der Waals surface area contributed by atoms with Crippen LogP contribution < -0.4 is 10.6 Å². The molecular formula is C34H33ClN4O3S. The van der Waals surface area contributed by atoms with Gasteiger partial charge in [0.1, 0.15) is 5.82 Å². The molecule has 1 aliphatic carbocycles. The van der Waals surface area contributed by atoms with E-state index in [9.17, 15) is 20.2 Å². The number of nitro benzene ring substituents is 1. The van der Waals surface area contributed by atoms with Crippen LogP contribution in [0.15, 0.2) is 83.3 Å². The third-order valence-corrected chi connectivity index (χ3v) is 9.54. The number of hydrogen-bond acceptors (Lipinski definition) is 7. The number of benzene rings is 3. The second-order valence-corrected chi connectivity index (χ2v) is 13.4. The van der Waals surface area contributed by atoms with Crippen molar-refractivity contribution in [1.29, 1.82) is 5.26 Å². The average Bonchev–Trinajstić information content (AvgIpc) is 2.94. The molecule has 0 aromatic heterocycles. The number of nitrogens with two attached hydrogens (primary N) is 1. The molecule has 7 nitrogen and oxygen atoms in total. The van der Waals surface area contributed by atoms with E-state index in [0.717, 1.165) is 33.8 Å². The van der Waals surface area contributed by atoms with Crippen LogP contribution in [-0.4, -0.2) is 10.7 Å². The lowest BCUT2D eigenvalue weighted by Gasteiger charge is -2.44. The molecule has 0 spiro atoms. The summed E-state index contributed by atoms with van der Waals surface area (Å²) in [7, 11) is 0. The molecule has 1 aliphatic heterocycles. The van der Waals surface area contributed by atoms with E-state index >= 15 is 0 Å². The molecule has 220 valence electrons. The van der Waals surface area contributed by atoms with E-state index in [4.69, 9.17) is 17.3 Å². The van der Waals surface area contributed by atoms with Gasteiger partial charge in [0.15, 0.2) is 5.78 Å². The molecule has 43 heavy (non-hydrogen) atoms. The summed E-state index contributed by atoms with van der Waals surface area (Å²) in [6.07, 6.45) is 0.788. The number of Topliss-reactive ketones (excluding diaryl/α,β-unsaturated/α-hetero) is 1. The predicted molar refractivity (Wildman–Crippen MR) is 173 cm³/mol. The Bertz CT molecular complexity index is 1740. The van der Waals surface area contributed by atoms with Crippen molar-refractivity contribution >= 4 is 40.5 Å². The Kier molecular flexibility index (Phi) is 8.42. The third-order valence-electron chi connectivity index (χ3n) is 8.17. The van der Waals surface area contributed by atoms with Gasteiger partial charge >= 0.3 is 0 Å². The molecule has 1 atom stereocenters. The first kappa shape index (κ1) is 30.4. The largest absolute Gasteiger partial charge is 0.384 e. The fourth-order valence-electron chi connectivity index (χ4n) is 6.12. The summed E-state index contributed by atoms with van der Waals surface area (Å²) in [5.41, 5.74) is 13.2. The molecule has 5 rings (SSSR count). The maximum atomic E-state index is 14.0. The fraction of sp³-hybridized carbons (Fsp3) is 0.294. The van der Waals surface area contributed by atoms with E-state index in [1.54, 1.807) is 4.90 Å². The van der Waals surface area contributed by atoms with E-state index in [1.165, 1.54) is 23.8 Å². The smallest absolute Gasteiger partial charge is 0.271 e. The number of rotatable bonds is 7. The standard InChI is InChI=1S/C34H33ClN4O3S/c1-20-12-21(2)25(13-23(20)19-43-18-22-8-6-5-7-9-22)31-26(17-36)33(37)38(28-14-24(39(41)42)10-11-27(28)35)29-15-34(3,4)16-30(40)32(29)31/h5-14,31H,15-16,18-19,37H2,1-4H3. The number of ketones is 1. The van der Waals surface area contributed by atoms with Crippen molar-refractivity contribution in [3.63, 3.8) is 0 Å². The van der Waals surface area contributed by atoms with Crippen molar-refractivity contribution in [2.45, 2.75) is 58.0 Å². The molecule has 0 bridgehead atoms. The highest BCUT2D eigenvalue weighted by Gasteiger charge is 2.45. The fourth-order valence-corrected chi connectivity index (χ4v) is 7.38. The van der Waals surface area contributed by atoms with E-state index < -0.39 is 16.3 Å². The number of allylic oxidation sites excluding steroid dienone is 3. The quantitative estimate of drug-likeness (QED) is 0.211. The Hall–Kier alpha value is -4.06. The summed E-state index contributed by atoms with van der Waals surface area (Å²) >= 11 is 8.41. The molecule has 2 N–H and O–H groups in total. The van der Waals surface area contributed by atoms with Gasteiger partial charge < -0.3 is 5.73 Å². The number of nitriles is 1. The van der Waals surface area contributed by atoms with Crippen molar-refractivity contribution in [3.8, 4) is 6.07 Å². The van der Waals surface area contributed by atoms with E-state index in [0.29, 0.717) is 24.1 Å². The van der Waals surface area contributed by atoms with Gasteiger partial charge in [-0.15, -0.1) is 0 Å². The summed E-state index contributed by atoms with van der Waals surface area (Å²) in [4.78, 5) is 26.8. The summed E-state index contributed by atoms with van der Waals surface area (Å²) < 4.78 is 0. The first-order chi connectivity index (χ1) is 20.4. The number of hydrogen-bond donors (Lipinski definition) is 1. The molecule has 0 saturated heterocycles. The minimum absolute atomic E-state index is 0.0666. The van der Waals surface area contributed by atoms with Crippen LogP contribution in [-0.2, 0) is 16.3 Å². The summed E-state index contributed by atoms with van der Waals surface area (Å²) in [5.74, 6) is 1.03. The molecular weight excluding hydrogens is 580 g/mol. The lowest BCUT2D eigenvalue weighted by molar-refractivity contribution is -0.384. The molecule has 1 heterocycles. The van der Waals surface area contributed by atoms with Crippen molar-refractivity contribution in [2.75, 3.05) is 4.90 Å². The van der Waals surface area contributed by atoms with Crippen molar-refractivity contribution in [3.05, 3.63) is 126 Å². The van der Waals surface area contributed by atoms with Gasteiger partial charge in [0.25, 0.3) is 5.69 Å². The van der Waals surface area contributed by atoms with Crippen molar-refractivity contribution < 1.29 is 9.72 Å². The number of thioether (sulfide) groups is 1. The molecule has 0 radical (unpaired) electrons. The lowest BCUT2D eigenvalue weighted by Crippen LogP contribution is -2.42. The molecule has 3 aromatic rings. The van der Waals surface area contributed by atoms with Gasteiger partial charge in [-0.25, -0.2) is 0 Å². The zero-order chi connectivity index (χ0) is 31.1. The Labute approximate surface area is 261 Å². The maximum absolute atomic E-state index is 14.0. The topological polar surface area (TPSA) is 113 Å². The Balaban J connectivity index is 1.66. The van der Waals surface area contributed by atoms with Gasteiger partial charge in [0.05, 0.1) is 33.2 Å². The number of nitro groups is 1. The van der Waals surface area contributed by atoms with Gasteiger partial charge in [-0.1, -0.05) is 67.9 Å². The first-order valence-corrected chi connectivity index (χ1v) is 15.6. The highest BCUT2D eigenvalue weighted by atomic mass is 35.5. The maximum Gasteiger partial charge on any atom is 0.271 e. The van der Waals surface area contributed by atoms with Crippen LogP contribution >= 0.6 is 23.4 Å². The van der Waals surface area contributed by atoms with Gasteiger partial charge in [-0.2, -0.15) is 17.0 Å². The second kappa shape index (κ2) is 11.9. The second-order valence-electron chi connectivity index (χ2n) is 12.0. The van der Waals surface area contributed by atoms with Crippen LogP contribution in [0.25, 0.3) is 0 Å². The van der Waals surface area contributed by atoms with Gasteiger partial charge in [-0.3, -0.25) is 19.8 Å². The van der Waals surface area contributed by atoms with Gasteiger partial charge in [0, 0.05) is 41.3 Å². The molecule has 3 aromatic carbocycles. The molecule has 0 saturated carbocycles. The normalized spacial score (nSPS) is 18.0. The minimum Gasteiger partial charge on any atom is -0.384 e. The van der Waals surface area contributed by atoms with Crippen molar-refractivity contribution in [1.82, 2.24) is 0 Å². The highest BCUT2D eigenvalue weighted by molar-refractivity contribution is 7.97. The molecule has 9 heteroatoms. The SMILES string of the molecule is Cc1cc(C)c(C2C(C#N)=C(N)N(c3cc([N+](=O)[O-])ccc3Cl)C3=C2C(=O)CC(C)(C)C3)cc1CSCc1ccccc1. The minimum atomic E-state index is -0.657. The summed E-state index contributed by atoms with van der Waals surface area (Å²) in [6, 6.07) is 20.9. The Morgan fingerprint density at radius 1 is 1.09 bits per heavy atom. The number of carbonyl (C=O) groups is 1. The van der Waals surface area contributed by atoms with Crippen LogP contribution in [0.1, 0.15) is 60.4 Å². The van der Waals surface area contributed by atoms with Crippen LogP contribution in [0.2, 0.25) is 5.02 Å². The third kappa shape index (κ3) is 5.93. The number of halogens is 1. The molecule has 1 unspecified atom stereocenters. The summed E-state index contributed by atoms with van der Waals surface area (Å²) in [5, 5.41) is 22.4. The summed E-state index contributed by atoms with van der Waals surface area (Å²) in [6.45, 7) is 8.10. The average molecular weight is 613 g/mol. The first-order valence-electron chi connectivity index (χ1n) is 14.0. The van der Waals surface area contributed by atoms with Crippen LogP contribution in [0.4, 0.5) is 11.4 Å². The molecule has 0 fully saturated rings. The van der Waals surface area contributed by atoms with Crippen molar-refractivity contribution in [2.24, 2.45) is 11.1 Å². The number of nitrogens with zero attached hydrogens (tertiary/aromatic N) is 3. The van der Waals surface area contributed by atoms with Gasteiger partial charge in [-0.05, 0) is 59.6 Å². The highest BCUT2D eigenvalue weighted by Crippen LogP contribution is 2.52. The molecule has 0 amide bonds. The van der Waals surface area contributed by atoms with E-state index in [2.05, 4.69) is 37.3 Å². The zero-order valence-corrected chi connectivity index (χ0v) is 26.2.